The summed E-state index contributed by atoms with van der Waals surface area (Å²) < 4.78 is 37.7. The second kappa shape index (κ2) is 5.79. The Labute approximate surface area is 114 Å². The average molecular weight is 308 g/mol. The molecule has 1 aliphatic rings. The van der Waals surface area contributed by atoms with E-state index in [0.717, 1.165) is 5.56 Å². The Balaban J connectivity index is 2.16. The van der Waals surface area contributed by atoms with Crippen molar-refractivity contribution in [1.29, 1.82) is 0 Å². The minimum Gasteiger partial charge on any atom is -0.316 e. The van der Waals surface area contributed by atoms with Crippen LogP contribution in [0.1, 0.15) is 5.56 Å². The van der Waals surface area contributed by atoms with E-state index in [9.17, 15) is 12.6 Å². The molecule has 1 aromatic rings. The molecule has 1 saturated heterocycles. The van der Waals surface area contributed by atoms with E-state index in [0.29, 0.717) is 35.3 Å². The first kappa shape index (κ1) is 14.1. The molecule has 0 aliphatic carbocycles. The summed E-state index contributed by atoms with van der Waals surface area (Å²) in [6.07, 6.45) is 0. The molecule has 8 heteroatoms. The molecule has 102 valence electrons. The highest BCUT2D eigenvalue weighted by atomic mass is 32.2. The van der Waals surface area contributed by atoms with Crippen LogP contribution in [0.4, 0.5) is 0 Å². The van der Waals surface area contributed by atoms with Gasteiger partial charge in [-0.1, -0.05) is 0 Å². The van der Waals surface area contributed by atoms with Gasteiger partial charge in [-0.25, -0.2) is 8.42 Å². The van der Waals surface area contributed by atoms with Gasteiger partial charge >= 0.3 is 0 Å². The molecule has 1 aromatic heterocycles. The highest BCUT2D eigenvalue weighted by Crippen LogP contribution is 2.24. The summed E-state index contributed by atoms with van der Waals surface area (Å²) >= 11 is 1.25. The zero-order chi connectivity index (χ0) is 13.2. The number of thiophene rings is 1. The first-order valence-corrected chi connectivity index (χ1v) is 9.42. The topological polar surface area (TPSA) is 66.5 Å². The van der Waals surface area contributed by atoms with Crippen molar-refractivity contribution in [1.82, 2.24) is 9.62 Å². The minimum atomic E-state index is -3.39. The van der Waals surface area contributed by atoms with E-state index >= 15 is 0 Å². The number of rotatable bonds is 4. The Morgan fingerprint density at radius 2 is 2.11 bits per heavy atom. The zero-order valence-electron chi connectivity index (χ0n) is 10.1. The van der Waals surface area contributed by atoms with Crippen LogP contribution >= 0.6 is 11.3 Å². The zero-order valence-corrected chi connectivity index (χ0v) is 12.5. The van der Waals surface area contributed by atoms with E-state index in [1.165, 1.54) is 15.6 Å². The van der Waals surface area contributed by atoms with Gasteiger partial charge in [-0.2, -0.15) is 4.31 Å². The highest BCUT2D eigenvalue weighted by Gasteiger charge is 2.29. The number of hydrogen-bond donors (Lipinski definition) is 1. The Bertz CT molecular complexity index is 528. The molecular weight excluding hydrogens is 292 g/mol. The predicted octanol–water partition coefficient (Wildman–Crippen LogP) is 0.220. The van der Waals surface area contributed by atoms with E-state index < -0.39 is 20.8 Å². The van der Waals surface area contributed by atoms with E-state index in [1.54, 1.807) is 6.07 Å². The lowest BCUT2D eigenvalue weighted by Crippen LogP contribution is -2.41. The van der Waals surface area contributed by atoms with Crippen LogP contribution in [0.25, 0.3) is 0 Å². The molecular formula is C10H16N2O3S3. The Kier molecular flexibility index (Phi) is 4.54. The number of nitrogens with zero attached hydrogens (tertiary/aromatic N) is 1. The van der Waals surface area contributed by atoms with Crippen molar-refractivity contribution in [2.45, 2.75) is 10.8 Å². The van der Waals surface area contributed by atoms with Crippen molar-refractivity contribution in [2.24, 2.45) is 0 Å². The van der Waals surface area contributed by atoms with Gasteiger partial charge in [-0.3, -0.25) is 4.21 Å². The summed E-state index contributed by atoms with van der Waals surface area (Å²) in [7, 11) is -2.43. The molecule has 0 atom stereocenters. The maximum absolute atomic E-state index is 12.3. The smallest absolute Gasteiger partial charge is 0.252 e. The van der Waals surface area contributed by atoms with Gasteiger partial charge in [0.05, 0.1) is 0 Å². The van der Waals surface area contributed by atoms with Crippen LogP contribution in [0.2, 0.25) is 0 Å². The summed E-state index contributed by atoms with van der Waals surface area (Å²) in [6.45, 7) is 1.37. The van der Waals surface area contributed by atoms with Gasteiger partial charge in [0, 0.05) is 41.9 Å². The molecule has 0 spiro atoms. The van der Waals surface area contributed by atoms with Crippen LogP contribution in [0.5, 0.6) is 0 Å². The van der Waals surface area contributed by atoms with Gasteiger partial charge in [0.2, 0.25) is 0 Å². The molecule has 5 nitrogen and oxygen atoms in total. The highest BCUT2D eigenvalue weighted by molar-refractivity contribution is 7.91. The molecule has 2 heterocycles. The molecule has 1 fully saturated rings. The molecule has 2 rings (SSSR count). The van der Waals surface area contributed by atoms with Crippen molar-refractivity contribution in [2.75, 3.05) is 31.6 Å². The van der Waals surface area contributed by atoms with Gasteiger partial charge in [0.25, 0.3) is 10.0 Å². The van der Waals surface area contributed by atoms with Gasteiger partial charge in [0.1, 0.15) is 4.21 Å². The van der Waals surface area contributed by atoms with Gasteiger partial charge in [-0.05, 0) is 24.1 Å². The monoisotopic (exact) mass is 308 g/mol. The molecule has 0 aromatic carbocycles. The van der Waals surface area contributed by atoms with E-state index in [2.05, 4.69) is 5.32 Å². The largest absolute Gasteiger partial charge is 0.316 e. The van der Waals surface area contributed by atoms with Crippen molar-refractivity contribution >= 4 is 32.2 Å². The van der Waals surface area contributed by atoms with Gasteiger partial charge < -0.3 is 5.32 Å². The first-order chi connectivity index (χ1) is 8.54. The quantitative estimate of drug-likeness (QED) is 0.864. The molecule has 0 radical (unpaired) electrons. The SMILES string of the molecule is CNCc1csc(S(=O)(=O)N2CCS(=O)CC2)c1. The van der Waals surface area contributed by atoms with Crippen molar-refractivity contribution < 1.29 is 12.6 Å². The summed E-state index contributed by atoms with van der Waals surface area (Å²) in [5, 5.41) is 4.84. The minimum absolute atomic E-state index is 0.355. The van der Waals surface area contributed by atoms with Crippen LogP contribution in [-0.4, -0.2) is 48.6 Å². The van der Waals surface area contributed by atoms with E-state index in [1.807, 2.05) is 12.4 Å². The third-order valence-corrected chi connectivity index (χ3v) is 7.38. The fourth-order valence-electron chi connectivity index (χ4n) is 1.77. The van der Waals surface area contributed by atoms with Crippen molar-refractivity contribution in [3.05, 3.63) is 17.0 Å². The fraction of sp³-hybridized carbons (Fsp3) is 0.600. The standard InChI is InChI=1S/C10H16N2O3S3/c1-11-7-9-6-10(16-8-9)18(14,15)12-2-4-17(13)5-3-12/h6,8,11H,2-5,7H2,1H3. The molecule has 1 N–H and O–H groups in total. The summed E-state index contributed by atoms with van der Waals surface area (Å²) in [4.78, 5) is 0. The third kappa shape index (κ3) is 3.00. The average Bonchev–Trinajstić information content (AvgIpc) is 2.79. The molecule has 18 heavy (non-hydrogen) atoms. The second-order valence-electron chi connectivity index (χ2n) is 4.06. The first-order valence-electron chi connectivity index (χ1n) is 5.61. The summed E-state index contributed by atoms with van der Waals surface area (Å²) in [5.41, 5.74) is 0.974. The molecule has 0 unspecified atom stereocenters. The maximum Gasteiger partial charge on any atom is 0.252 e. The van der Waals surface area contributed by atoms with Crippen molar-refractivity contribution in [3.63, 3.8) is 0 Å². The van der Waals surface area contributed by atoms with Crippen LogP contribution in [0.15, 0.2) is 15.7 Å². The molecule has 0 saturated carbocycles. The Morgan fingerprint density at radius 1 is 1.44 bits per heavy atom. The molecule has 0 bridgehead atoms. The molecule has 1 aliphatic heterocycles. The third-order valence-electron chi connectivity index (χ3n) is 2.74. The lowest BCUT2D eigenvalue weighted by molar-refractivity contribution is 0.440. The van der Waals surface area contributed by atoms with Crippen LogP contribution in [0.3, 0.4) is 0 Å². The van der Waals surface area contributed by atoms with Crippen LogP contribution in [0, 0.1) is 0 Å². The fourth-order valence-corrected chi connectivity index (χ4v) is 5.86. The Morgan fingerprint density at radius 3 is 2.72 bits per heavy atom. The second-order valence-corrected chi connectivity index (χ2v) is 8.83. The maximum atomic E-state index is 12.3. The molecule has 0 amide bonds. The predicted molar refractivity (Wildman–Crippen MR) is 73.7 cm³/mol. The Hall–Kier alpha value is -0.280. The lowest BCUT2D eigenvalue weighted by Gasteiger charge is -2.24. The van der Waals surface area contributed by atoms with Crippen molar-refractivity contribution in [3.8, 4) is 0 Å². The van der Waals surface area contributed by atoms with Gasteiger partial charge in [0.15, 0.2) is 0 Å². The van der Waals surface area contributed by atoms with E-state index in [4.69, 9.17) is 0 Å². The summed E-state index contributed by atoms with van der Waals surface area (Å²) in [6, 6.07) is 1.71. The number of sulfonamides is 1. The number of nitrogens with one attached hydrogen (secondary N) is 1. The number of hydrogen-bond acceptors (Lipinski definition) is 5. The lowest BCUT2D eigenvalue weighted by atomic mass is 10.3. The van der Waals surface area contributed by atoms with Crippen LogP contribution in [-0.2, 0) is 27.4 Å². The van der Waals surface area contributed by atoms with Gasteiger partial charge in [-0.15, -0.1) is 11.3 Å². The normalized spacial score (nSPS) is 19.2. The van der Waals surface area contributed by atoms with E-state index in [-0.39, 0.29) is 0 Å². The van der Waals surface area contributed by atoms with Crippen LogP contribution < -0.4 is 5.32 Å². The summed E-state index contributed by atoms with van der Waals surface area (Å²) in [5.74, 6) is 0.877.